The van der Waals surface area contributed by atoms with Gasteiger partial charge in [-0.1, -0.05) is 48.5 Å². The van der Waals surface area contributed by atoms with E-state index in [9.17, 15) is 0 Å². The molecule has 110 valence electrons. The molecule has 0 N–H and O–H groups in total. The average molecular weight is 286 g/mol. The highest BCUT2D eigenvalue weighted by molar-refractivity contribution is 5.76. The molecular formula is C13H16F6. The van der Waals surface area contributed by atoms with Crippen molar-refractivity contribution in [2.24, 2.45) is 0 Å². The molecule has 0 radical (unpaired) electrons. The van der Waals surface area contributed by atoms with Gasteiger partial charge in [-0.3, -0.25) is 28.2 Å². The Morgan fingerprint density at radius 1 is 0.474 bits per heavy atom. The summed E-state index contributed by atoms with van der Waals surface area (Å²) in [6.45, 7) is 0. The fourth-order valence-corrected chi connectivity index (χ4v) is 2.08. The van der Waals surface area contributed by atoms with Crippen molar-refractivity contribution in [3.05, 3.63) is 59.7 Å². The standard InChI is InChI=1S/C13H10.6FH/c1-3-7-12-10(5-1)9-11-6-2-4-8-13(11)12;;;;;;/h1-8H,9H2;6*1H. The molecule has 0 unspecified atom stereocenters. The number of rotatable bonds is 0. The van der Waals surface area contributed by atoms with Crippen LogP contribution in [0.2, 0.25) is 0 Å². The molecule has 2 aromatic carbocycles. The highest BCUT2D eigenvalue weighted by Gasteiger charge is 2.15. The maximum Gasteiger partial charge on any atom is -0.00135 e. The molecule has 6 heteroatoms. The smallest absolute Gasteiger partial charge is 0.00135 e. The minimum absolute atomic E-state index is 0. The largest absolute Gasteiger partial charge is 0.269 e. The van der Waals surface area contributed by atoms with Crippen LogP contribution in [0.25, 0.3) is 11.1 Å². The van der Waals surface area contributed by atoms with Crippen LogP contribution in [0, 0.1) is 0 Å². The zero-order valence-electron chi connectivity index (χ0n) is 9.78. The fourth-order valence-electron chi connectivity index (χ4n) is 2.08. The molecule has 19 heavy (non-hydrogen) atoms. The predicted molar refractivity (Wildman–Crippen MR) is 69.7 cm³/mol. The lowest BCUT2D eigenvalue weighted by atomic mass is 10.1. The van der Waals surface area contributed by atoms with Gasteiger partial charge in [0.15, 0.2) is 0 Å². The number of benzene rings is 2. The van der Waals surface area contributed by atoms with Crippen molar-refractivity contribution < 1.29 is 28.2 Å². The Balaban J connectivity index is -0.000000187. The summed E-state index contributed by atoms with van der Waals surface area (Å²) >= 11 is 0. The van der Waals surface area contributed by atoms with Crippen LogP contribution >= 0.6 is 0 Å². The number of hydrogen-bond acceptors (Lipinski definition) is 0. The van der Waals surface area contributed by atoms with E-state index in [-0.39, 0.29) is 28.2 Å². The Hall–Kier alpha value is -1.98. The third-order valence-corrected chi connectivity index (χ3v) is 2.71. The predicted octanol–water partition coefficient (Wildman–Crippen LogP) is 4.17. The first-order valence-electron chi connectivity index (χ1n) is 4.61. The highest BCUT2D eigenvalue weighted by atomic mass is 19.0. The minimum Gasteiger partial charge on any atom is -0.269 e. The van der Waals surface area contributed by atoms with Crippen LogP contribution < -0.4 is 0 Å². The van der Waals surface area contributed by atoms with Gasteiger partial charge < -0.3 is 0 Å². The number of halogens is 6. The molecule has 0 heterocycles. The van der Waals surface area contributed by atoms with Crippen LogP contribution in [0.1, 0.15) is 11.1 Å². The van der Waals surface area contributed by atoms with Gasteiger partial charge in [0.2, 0.25) is 0 Å². The first-order valence-corrected chi connectivity index (χ1v) is 4.61. The third kappa shape index (κ3) is 4.01. The third-order valence-electron chi connectivity index (χ3n) is 2.71. The molecule has 1 aliphatic rings. The van der Waals surface area contributed by atoms with Crippen molar-refractivity contribution in [2.45, 2.75) is 6.42 Å². The Morgan fingerprint density at radius 2 is 0.789 bits per heavy atom. The Morgan fingerprint density at radius 3 is 1.16 bits per heavy atom. The lowest BCUT2D eigenvalue weighted by Gasteiger charge is -1.98. The van der Waals surface area contributed by atoms with Crippen LogP contribution in [0.4, 0.5) is 28.2 Å². The summed E-state index contributed by atoms with van der Waals surface area (Å²) in [4.78, 5) is 0. The van der Waals surface area contributed by atoms with Crippen LogP contribution in [-0.4, -0.2) is 0 Å². The second-order valence-electron chi connectivity index (χ2n) is 3.49. The van der Waals surface area contributed by atoms with Crippen LogP contribution in [0.15, 0.2) is 48.5 Å². The van der Waals surface area contributed by atoms with E-state index in [1.54, 1.807) is 0 Å². The Kier molecular flexibility index (Phi) is 13.5. The van der Waals surface area contributed by atoms with E-state index in [2.05, 4.69) is 48.5 Å². The Labute approximate surface area is 106 Å². The van der Waals surface area contributed by atoms with Crippen molar-refractivity contribution in [3.8, 4) is 11.1 Å². The van der Waals surface area contributed by atoms with Gasteiger partial charge in [-0.2, -0.15) is 0 Å². The first-order chi connectivity index (χ1) is 6.45. The monoisotopic (exact) mass is 286 g/mol. The van der Waals surface area contributed by atoms with Gasteiger partial charge in [-0.05, 0) is 28.7 Å². The summed E-state index contributed by atoms with van der Waals surface area (Å²) in [6.07, 6.45) is 1.10. The van der Waals surface area contributed by atoms with Crippen molar-refractivity contribution in [1.82, 2.24) is 0 Å². The Bertz CT molecular complexity index is 429. The molecule has 0 fully saturated rings. The summed E-state index contributed by atoms with van der Waals surface area (Å²) in [6, 6.07) is 17.3. The molecule has 2 aromatic rings. The average Bonchev–Trinajstić information content (AvgIpc) is 2.56. The molecule has 0 amide bonds. The van der Waals surface area contributed by atoms with Crippen molar-refractivity contribution in [2.75, 3.05) is 0 Å². The van der Waals surface area contributed by atoms with Crippen molar-refractivity contribution in [1.29, 1.82) is 0 Å². The van der Waals surface area contributed by atoms with Crippen LogP contribution in [-0.2, 0) is 6.42 Å². The van der Waals surface area contributed by atoms with E-state index < -0.39 is 0 Å². The SMILES string of the molecule is F.F.F.F.F.F.c1ccc2c(c1)Cc1ccccc1-2. The van der Waals surface area contributed by atoms with Gasteiger partial charge in [0.25, 0.3) is 0 Å². The molecule has 1 aliphatic carbocycles. The quantitative estimate of drug-likeness (QED) is 0.544. The normalized spacial score (nSPS) is 8.42. The molecule has 0 aromatic heterocycles. The molecule has 0 atom stereocenters. The first kappa shape index (κ1) is 25.8. The van der Waals surface area contributed by atoms with Gasteiger partial charge in [-0.25, -0.2) is 0 Å². The van der Waals surface area contributed by atoms with E-state index >= 15 is 0 Å². The maximum atomic E-state index is 2.22. The van der Waals surface area contributed by atoms with Crippen LogP contribution in [0.3, 0.4) is 0 Å². The van der Waals surface area contributed by atoms with Gasteiger partial charge in [0, 0.05) is 0 Å². The van der Waals surface area contributed by atoms with Gasteiger partial charge in [0.1, 0.15) is 0 Å². The molecule has 0 spiro atoms. The van der Waals surface area contributed by atoms with Gasteiger partial charge in [0.05, 0.1) is 0 Å². The lowest BCUT2D eigenvalue weighted by Crippen LogP contribution is -1.77. The maximum absolute atomic E-state index is 2.22. The van der Waals surface area contributed by atoms with E-state index in [1.807, 2.05) is 0 Å². The summed E-state index contributed by atoms with van der Waals surface area (Å²) in [7, 11) is 0. The fraction of sp³-hybridized carbons (Fsp3) is 0.0769. The van der Waals surface area contributed by atoms with E-state index in [1.165, 1.54) is 22.3 Å². The zero-order valence-corrected chi connectivity index (χ0v) is 9.78. The topological polar surface area (TPSA) is 0 Å². The summed E-state index contributed by atoms with van der Waals surface area (Å²) in [5.74, 6) is 0. The second-order valence-corrected chi connectivity index (χ2v) is 3.49. The van der Waals surface area contributed by atoms with Gasteiger partial charge >= 0.3 is 0 Å². The van der Waals surface area contributed by atoms with Crippen molar-refractivity contribution in [3.63, 3.8) is 0 Å². The molecule has 0 saturated carbocycles. The molecule has 3 rings (SSSR count). The second kappa shape index (κ2) is 9.99. The highest BCUT2D eigenvalue weighted by Crippen LogP contribution is 2.35. The van der Waals surface area contributed by atoms with Gasteiger partial charge in [-0.15, -0.1) is 0 Å². The molecule has 0 bridgehead atoms. The summed E-state index contributed by atoms with van der Waals surface area (Å²) in [5, 5.41) is 0. The molecule has 0 nitrogen and oxygen atoms in total. The molecule has 0 saturated heterocycles. The summed E-state index contributed by atoms with van der Waals surface area (Å²) < 4.78 is 0. The van der Waals surface area contributed by atoms with E-state index in [0.29, 0.717) is 0 Å². The van der Waals surface area contributed by atoms with Crippen LogP contribution in [0.5, 0.6) is 0 Å². The minimum atomic E-state index is 0. The molecule has 0 aliphatic heterocycles. The number of hydrogen-bond donors (Lipinski definition) is 0. The van der Waals surface area contributed by atoms with E-state index in [4.69, 9.17) is 0 Å². The number of fused-ring (bicyclic) bond motifs is 3. The lowest BCUT2D eigenvalue weighted by molar-refractivity contribution is 1.11. The van der Waals surface area contributed by atoms with Crippen molar-refractivity contribution >= 4 is 0 Å². The summed E-state index contributed by atoms with van der Waals surface area (Å²) in [5.41, 5.74) is 5.75. The zero-order chi connectivity index (χ0) is 8.67. The van der Waals surface area contributed by atoms with E-state index in [0.717, 1.165) is 6.42 Å². The molecular weight excluding hydrogens is 270 g/mol.